The van der Waals surface area contributed by atoms with E-state index in [9.17, 15) is 18.5 Å². The van der Waals surface area contributed by atoms with E-state index in [-0.39, 0.29) is 23.2 Å². The molecule has 0 bridgehead atoms. The number of benzene rings is 2. The second-order valence-electron chi connectivity index (χ2n) is 7.05. The molecule has 0 amide bonds. The van der Waals surface area contributed by atoms with Crippen LogP contribution in [0.2, 0.25) is 0 Å². The Labute approximate surface area is 170 Å². The maximum atomic E-state index is 13.3. The van der Waals surface area contributed by atoms with Crippen molar-refractivity contribution in [2.75, 3.05) is 10.8 Å². The lowest BCUT2D eigenvalue weighted by atomic mass is 10.2. The fourth-order valence-corrected chi connectivity index (χ4v) is 5.13. The first kappa shape index (κ1) is 20.9. The molecule has 0 N–H and O–H groups in total. The van der Waals surface area contributed by atoms with E-state index < -0.39 is 14.9 Å². The number of nitro groups is 1. The third kappa shape index (κ3) is 4.59. The lowest BCUT2D eigenvalue weighted by Crippen LogP contribution is -2.31. The average Bonchev–Trinajstić information content (AvgIpc) is 3.20. The van der Waals surface area contributed by atoms with Crippen molar-refractivity contribution in [2.45, 2.75) is 43.6 Å². The number of non-ortho nitro benzene ring substituents is 1. The van der Waals surface area contributed by atoms with Crippen LogP contribution in [0.5, 0.6) is 5.75 Å². The summed E-state index contributed by atoms with van der Waals surface area (Å²) in [4.78, 5) is 10.4. The van der Waals surface area contributed by atoms with Crippen LogP contribution in [-0.2, 0) is 10.0 Å². The highest BCUT2D eigenvalue weighted by atomic mass is 32.2. The SMILES string of the molecule is C=CCN(c1ccc(OC2CCCC2)cc1)S(=O)(=O)c1cc([N+](=O)[O-])ccc1C. The highest BCUT2D eigenvalue weighted by Gasteiger charge is 2.28. The van der Waals surface area contributed by atoms with Crippen molar-refractivity contribution >= 4 is 21.4 Å². The predicted octanol–water partition coefficient (Wildman–Crippen LogP) is 4.61. The second-order valence-corrected chi connectivity index (χ2v) is 8.88. The van der Waals surface area contributed by atoms with Crippen molar-refractivity contribution < 1.29 is 18.1 Å². The zero-order valence-electron chi connectivity index (χ0n) is 16.3. The number of hydrogen-bond acceptors (Lipinski definition) is 5. The van der Waals surface area contributed by atoms with Gasteiger partial charge in [-0.05, 0) is 62.4 Å². The van der Waals surface area contributed by atoms with Crippen LogP contribution in [0.15, 0.2) is 60.0 Å². The van der Waals surface area contributed by atoms with E-state index >= 15 is 0 Å². The van der Waals surface area contributed by atoms with E-state index in [1.165, 1.54) is 22.5 Å². The third-order valence-electron chi connectivity index (χ3n) is 4.98. The third-order valence-corrected chi connectivity index (χ3v) is 6.91. The molecule has 2 aromatic carbocycles. The summed E-state index contributed by atoms with van der Waals surface area (Å²) >= 11 is 0. The van der Waals surface area contributed by atoms with E-state index in [0.29, 0.717) is 17.0 Å². The molecule has 3 rings (SSSR count). The highest BCUT2D eigenvalue weighted by molar-refractivity contribution is 7.92. The molecular formula is C21H24N2O5S. The summed E-state index contributed by atoms with van der Waals surface area (Å²) in [7, 11) is -4.02. The van der Waals surface area contributed by atoms with Gasteiger partial charge in [-0.15, -0.1) is 6.58 Å². The fraction of sp³-hybridized carbons (Fsp3) is 0.333. The van der Waals surface area contributed by atoms with Gasteiger partial charge in [0.05, 0.1) is 28.2 Å². The number of ether oxygens (including phenoxy) is 1. The Morgan fingerprint density at radius 2 is 1.86 bits per heavy atom. The van der Waals surface area contributed by atoms with E-state index in [1.54, 1.807) is 31.2 Å². The molecule has 1 fully saturated rings. The largest absolute Gasteiger partial charge is 0.490 e. The number of sulfonamides is 1. The molecule has 0 aliphatic heterocycles. The van der Waals surface area contributed by atoms with Crippen LogP contribution >= 0.6 is 0 Å². The van der Waals surface area contributed by atoms with Crippen molar-refractivity contribution in [2.24, 2.45) is 0 Å². The monoisotopic (exact) mass is 416 g/mol. The van der Waals surface area contributed by atoms with Crippen LogP contribution in [-0.4, -0.2) is 26.0 Å². The molecule has 0 saturated heterocycles. The molecule has 1 aliphatic rings. The maximum absolute atomic E-state index is 13.3. The molecule has 29 heavy (non-hydrogen) atoms. The molecule has 0 heterocycles. The quantitative estimate of drug-likeness (QED) is 0.356. The van der Waals surface area contributed by atoms with Crippen LogP contribution < -0.4 is 9.04 Å². The molecule has 8 heteroatoms. The van der Waals surface area contributed by atoms with Gasteiger partial charge in [-0.3, -0.25) is 14.4 Å². The zero-order valence-corrected chi connectivity index (χ0v) is 17.1. The van der Waals surface area contributed by atoms with Crippen molar-refractivity contribution in [3.05, 3.63) is 70.8 Å². The number of hydrogen-bond donors (Lipinski definition) is 0. The minimum Gasteiger partial charge on any atom is -0.490 e. The second kappa shape index (κ2) is 8.65. The molecule has 2 aromatic rings. The first-order chi connectivity index (χ1) is 13.8. The molecule has 0 aromatic heterocycles. The summed E-state index contributed by atoms with van der Waals surface area (Å²) in [5, 5.41) is 11.1. The van der Waals surface area contributed by atoms with Crippen molar-refractivity contribution in [1.82, 2.24) is 0 Å². The number of nitro benzene ring substituents is 1. The summed E-state index contributed by atoms with van der Waals surface area (Å²) < 4.78 is 33.7. The summed E-state index contributed by atoms with van der Waals surface area (Å²) in [6.07, 6.45) is 6.08. The topological polar surface area (TPSA) is 89.8 Å². The van der Waals surface area contributed by atoms with Gasteiger partial charge >= 0.3 is 0 Å². The van der Waals surface area contributed by atoms with Crippen LogP contribution in [0, 0.1) is 17.0 Å². The van der Waals surface area contributed by atoms with Crippen LogP contribution in [0.25, 0.3) is 0 Å². The summed E-state index contributed by atoms with van der Waals surface area (Å²) in [6.45, 7) is 5.30. The Bertz CT molecular complexity index is 996. The average molecular weight is 416 g/mol. The van der Waals surface area contributed by atoms with E-state index in [2.05, 4.69) is 6.58 Å². The molecule has 0 radical (unpaired) electrons. The summed E-state index contributed by atoms with van der Waals surface area (Å²) in [6, 6.07) is 10.7. The van der Waals surface area contributed by atoms with E-state index in [1.807, 2.05) is 0 Å². The van der Waals surface area contributed by atoms with Crippen molar-refractivity contribution in [3.63, 3.8) is 0 Å². The number of nitrogens with zero attached hydrogens (tertiary/aromatic N) is 2. The van der Waals surface area contributed by atoms with Crippen molar-refractivity contribution in [3.8, 4) is 5.75 Å². The number of anilines is 1. The molecule has 7 nitrogen and oxygen atoms in total. The number of aryl methyl sites for hydroxylation is 1. The van der Waals surface area contributed by atoms with Gasteiger partial charge in [0.1, 0.15) is 5.75 Å². The molecule has 0 atom stereocenters. The first-order valence-corrected chi connectivity index (χ1v) is 10.9. The Morgan fingerprint density at radius 1 is 1.21 bits per heavy atom. The molecule has 0 spiro atoms. The van der Waals surface area contributed by atoms with Gasteiger partial charge in [0, 0.05) is 12.1 Å². The van der Waals surface area contributed by atoms with Gasteiger partial charge in [-0.25, -0.2) is 8.42 Å². The Balaban J connectivity index is 1.93. The van der Waals surface area contributed by atoms with Gasteiger partial charge in [0.25, 0.3) is 15.7 Å². The van der Waals surface area contributed by atoms with Crippen LogP contribution in [0.3, 0.4) is 0 Å². The first-order valence-electron chi connectivity index (χ1n) is 9.48. The van der Waals surface area contributed by atoms with E-state index in [0.717, 1.165) is 31.7 Å². The maximum Gasteiger partial charge on any atom is 0.270 e. The van der Waals surface area contributed by atoms with E-state index in [4.69, 9.17) is 4.74 Å². The molecule has 0 unspecified atom stereocenters. The molecular weight excluding hydrogens is 392 g/mol. The smallest absolute Gasteiger partial charge is 0.270 e. The molecule has 154 valence electrons. The van der Waals surface area contributed by atoms with Gasteiger partial charge in [0.15, 0.2) is 0 Å². The predicted molar refractivity (Wildman–Crippen MR) is 112 cm³/mol. The van der Waals surface area contributed by atoms with Crippen LogP contribution in [0.4, 0.5) is 11.4 Å². The Hall–Kier alpha value is -2.87. The summed E-state index contributed by atoms with van der Waals surface area (Å²) in [5.41, 5.74) is 0.605. The standard InChI is InChI=1S/C21H24N2O5S/c1-3-14-22(17-10-12-20(13-11-17)28-19-6-4-5-7-19)29(26,27)21-15-18(23(24)25)9-8-16(21)2/h3,8-13,15,19H,1,4-7,14H2,2H3. The Kier molecular flexibility index (Phi) is 6.22. The van der Waals surface area contributed by atoms with Gasteiger partial charge < -0.3 is 4.74 Å². The lowest BCUT2D eigenvalue weighted by Gasteiger charge is -2.24. The summed E-state index contributed by atoms with van der Waals surface area (Å²) in [5.74, 6) is 0.697. The Morgan fingerprint density at radius 3 is 2.45 bits per heavy atom. The van der Waals surface area contributed by atoms with Gasteiger partial charge in [-0.2, -0.15) is 0 Å². The minimum atomic E-state index is -4.02. The number of rotatable bonds is 8. The van der Waals surface area contributed by atoms with Crippen LogP contribution in [0.1, 0.15) is 31.2 Å². The van der Waals surface area contributed by atoms with Gasteiger partial charge in [0.2, 0.25) is 0 Å². The minimum absolute atomic E-state index is 0.0350. The lowest BCUT2D eigenvalue weighted by molar-refractivity contribution is -0.385. The molecule has 1 aliphatic carbocycles. The highest BCUT2D eigenvalue weighted by Crippen LogP contribution is 2.30. The van der Waals surface area contributed by atoms with Crippen molar-refractivity contribution in [1.29, 1.82) is 0 Å². The normalized spacial score (nSPS) is 14.5. The zero-order chi connectivity index (χ0) is 21.0. The fourth-order valence-electron chi connectivity index (χ4n) is 3.45. The molecule has 1 saturated carbocycles. The van der Waals surface area contributed by atoms with Gasteiger partial charge in [-0.1, -0.05) is 12.1 Å².